The van der Waals surface area contributed by atoms with Crippen LogP contribution in [0.5, 0.6) is 0 Å². The number of carbonyl (C=O) groups is 1. The van der Waals surface area contributed by atoms with Crippen LogP contribution in [0, 0.1) is 0 Å². The second kappa shape index (κ2) is 8.73. The molecule has 0 saturated carbocycles. The van der Waals surface area contributed by atoms with Gasteiger partial charge in [0.15, 0.2) is 0 Å². The molecule has 0 unspecified atom stereocenters. The maximum Gasteiger partial charge on any atom is 0.240 e. The predicted octanol–water partition coefficient (Wildman–Crippen LogP) is 3.89. The summed E-state index contributed by atoms with van der Waals surface area (Å²) in [5, 5.41) is 1.01. The van der Waals surface area contributed by atoms with Crippen LogP contribution < -0.4 is 5.73 Å². The zero-order chi connectivity index (χ0) is 14.6. The Balaban J connectivity index is 0.00000361. The molecule has 1 rings (SSSR count). The molecule has 0 aliphatic carbocycles. The molecule has 0 heterocycles. The summed E-state index contributed by atoms with van der Waals surface area (Å²) in [6.45, 7) is 6.33. The van der Waals surface area contributed by atoms with E-state index in [0.717, 1.165) is 5.56 Å². The van der Waals surface area contributed by atoms with Crippen molar-refractivity contribution in [1.29, 1.82) is 0 Å². The minimum Gasteiger partial charge on any atom is -0.335 e. The van der Waals surface area contributed by atoms with E-state index >= 15 is 0 Å². The van der Waals surface area contributed by atoms with E-state index in [9.17, 15) is 4.79 Å². The lowest BCUT2D eigenvalue weighted by Crippen LogP contribution is -2.46. The highest BCUT2D eigenvalue weighted by atomic mass is 35.5. The fraction of sp³-hybridized carbons (Fsp3) is 0.500. The van der Waals surface area contributed by atoms with Gasteiger partial charge in [-0.15, -0.1) is 12.4 Å². The minimum atomic E-state index is -0.454. The standard InChI is InChI=1S/C14H20Cl2N2O.ClH/c1-4-13(17)14(19)18(9(2)3)8-10-5-6-11(15)12(16)7-10;/h5-7,9,13H,4,8,17H2,1-3H3;1H/t13-;/m0./s1. The lowest BCUT2D eigenvalue weighted by Gasteiger charge is -2.29. The third kappa shape index (κ3) is 5.13. The molecule has 114 valence electrons. The number of carbonyl (C=O) groups excluding carboxylic acids is 1. The third-order valence-corrected chi connectivity index (χ3v) is 3.74. The van der Waals surface area contributed by atoms with Gasteiger partial charge in [0.25, 0.3) is 0 Å². The van der Waals surface area contributed by atoms with Crippen molar-refractivity contribution in [1.82, 2.24) is 4.90 Å². The van der Waals surface area contributed by atoms with Gasteiger partial charge < -0.3 is 10.6 Å². The van der Waals surface area contributed by atoms with Gasteiger partial charge in [-0.3, -0.25) is 4.79 Å². The van der Waals surface area contributed by atoms with Crippen LogP contribution in [0.25, 0.3) is 0 Å². The van der Waals surface area contributed by atoms with Crippen LogP contribution in [0.2, 0.25) is 10.0 Å². The maximum absolute atomic E-state index is 12.2. The molecule has 0 saturated heterocycles. The molecule has 0 aliphatic heterocycles. The highest BCUT2D eigenvalue weighted by Gasteiger charge is 2.22. The smallest absolute Gasteiger partial charge is 0.240 e. The summed E-state index contributed by atoms with van der Waals surface area (Å²) >= 11 is 11.9. The van der Waals surface area contributed by atoms with E-state index < -0.39 is 6.04 Å². The first kappa shape index (κ1) is 19.5. The Kier molecular flexibility index (Phi) is 8.52. The monoisotopic (exact) mass is 338 g/mol. The van der Waals surface area contributed by atoms with Crippen molar-refractivity contribution >= 4 is 41.5 Å². The number of rotatable bonds is 5. The van der Waals surface area contributed by atoms with Crippen molar-refractivity contribution in [2.75, 3.05) is 0 Å². The highest BCUT2D eigenvalue weighted by Crippen LogP contribution is 2.23. The van der Waals surface area contributed by atoms with Gasteiger partial charge in [-0.05, 0) is 38.0 Å². The van der Waals surface area contributed by atoms with Gasteiger partial charge in [-0.25, -0.2) is 0 Å². The van der Waals surface area contributed by atoms with Crippen LogP contribution in [0.4, 0.5) is 0 Å². The molecular formula is C14H21Cl3N2O. The molecule has 6 heteroatoms. The Morgan fingerprint density at radius 2 is 1.90 bits per heavy atom. The Hall–Kier alpha value is -0.480. The predicted molar refractivity (Wildman–Crippen MR) is 87.7 cm³/mol. The summed E-state index contributed by atoms with van der Waals surface area (Å²) in [6.07, 6.45) is 0.628. The summed E-state index contributed by atoms with van der Waals surface area (Å²) in [5.74, 6) is -0.0384. The van der Waals surface area contributed by atoms with Gasteiger partial charge in [0.1, 0.15) is 0 Å². The molecule has 0 spiro atoms. The number of halogens is 3. The van der Waals surface area contributed by atoms with E-state index in [1.807, 2.05) is 26.8 Å². The summed E-state index contributed by atoms with van der Waals surface area (Å²) in [7, 11) is 0. The molecule has 0 aliphatic rings. The van der Waals surface area contributed by atoms with Crippen LogP contribution in [0.15, 0.2) is 18.2 Å². The molecule has 0 bridgehead atoms. The van der Waals surface area contributed by atoms with Crippen molar-refractivity contribution in [2.45, 2.75) is 45.8 Å². The number of nitrogens with zero attached hydrogens (tertiary/aromatic N) is 1. The Labute approximate surface area is 136 Å². The lowest BCUT2D eigenvalue weighted by atomic mass is 10.1. The molecule has 1 atom stereocenters. The summed E-state index contributed by atoms with van der Waals surface area (Å²) < 4.78 is 0. The second-order valence-electron chi connectivity index (χ2n) is 4.82. The van der Waals surface area contributed by atoms with Crippen LogP contribution in [0.1, 0.15) is 32.8 Å². The van der Waals surface area contributed by atoms with Crippen molar-refractivity contribution in [3.05, 3.63) is 33.8 Å². The van der Waals surface area contributed by atoms with Gasteiger partial charge in [-0.2, -0.15) is 0 Å². The Morgan fingerprint density at radius 1 is 1.30 bits per heavy atom. The molecule has 1 aromatic carbocycles. The zero-order valence-corrected chi connectivity index (χ0v) is 14.2. The van der Waals surface area contributed by atoms with E-state index in [1.54, 1.807) is 17.0 Å². The van der Waals surface area contributed by atoms with Gasteiger partial charge >= 0.3 is 0 Å². The van der Waals surface area contributed by atoms with E-state index in [0.29, 0.717) is 23.0 Å². The molecule has 1 aromatic rings. The number of hydrogen-bond acceptors (Lipinski definition) is 2. The summed E-state index contributed by atoms with van der Waals surface area (Å²) in [6, 6.07) is 5.02. The molecule has 3 nitrogen and oxygen atoms in total. The molecule has 2 N–H and O–H groups in total. The van der Waals surface area contributed by atoms with E-state index in [1.165, 1.54) is 0 Å². The molecule has 1 amide bonds. The van der Waals surface area contributed by atoms with Crippen molar-refractivity contribution in [3.63, 3.8) is 0 Å². The van der Waals surface area contributed by atoms with Crippen LogP contribution in [-0.2, 0) is 11.3 Å². The lowest BCUT2D eigenvalue weighted by molar-refractivity contribution is -0.135. The average Bonchev–Trinajstić information content (AvgIpc) is 2.37. The first-order valence-corrected chi connectivity index (χ1v) is 7.12. The Bertz CT molecular complexity index is 452. The fourth-order valence-electron chi connectivity index (χ4n) is 1.74. The van der Waals surface area contributed by atoms with Crippen molar-refractivity contribution in [2.24, 2.45) is 5.73 Å². The van der Waals surface area contributed by atoms with Crippen LogP contribution in [-0.4, -0.2) is 22.9 Å². The van der Waals surface area contributed by atoms with Gasteiger partial charge in [0, 0.05) is 12.6 Å². The fourth-order valence-corrected chi connectivity index (χ4v) is 2.06. The highest BCUT2D eigenvalue weighted by molar-refractivity contribution is 6.42. The quantitative estimate of drug-likeness (QED) is 0.884. The SMILES string of the molecule is CC[C@H](N)C(=O)N(Cc1ccc(Cl)c(Cl)c1)C(C)C.Cl. The largest absolute Gasteiger partial charge is 0.335 e. The first-order valence-electron chi connectivity index (χ1n) is 6.36. The van der Waals surface area contributed by atoms with Crippen molar-refractivity contribution in [3.8, 4) is 0 Å². The molecule has 20 heavy (non-hydrogen) atoms. The summed E-state index contributed by atoms with van der Waals surface area (Å²) in [4.78, 5) is 14.0. The number of benzene rings is 1. The molecular weight excluding hydrogens is 319 g/mol. The average molecular weight is 340 g/mol. The van der Waals surface area contributed by atoms with E-state index in [-0.39, 0.29) is 24.4 Å². The van der Waals surface area contributed by atoms with Gasteiger partial charge in [-0.1, -0.05) is 36.2 Å². The van der Waals surface area contributed by atoms with Crippen LogP contribution >= 0.6 is 35.6 Å². The van der Waals surface area contributed by atoms with Crippen LogP contribution in [0.3, 0.4) is 0 Å². The Morgan fingerprint density at radius 3 is 2.35 bits per heavy atom. The van der Waals surface area contributed by atoms with E-state index in [4.69, 9.17) is 28.9 Å². The maximum atomic E-state index is 12.2. The number of hydrogen-bond donors (Lipinski definition) is 1. The first-order chi connectivity index (χ1) is 8.86. The van der Waals surface area contributed by atoms with Gasteiger partial charge in [0.2, 0.25) is 5.91 Å². The number of amides is 1. The topological polar surface area (TPSA) is 46.3 Å². The molecule has 0 fully saturated rings. The van der Waals surface area contributed by atoms with E-state index in [2.05, 4.69) is 0 Å². The third-order valence-electron chi connectivity index (χ3n) is 3.00. The molecule has 0 radical (unpaired) electrons. The zero-order valence-electron chi connectivity index (χ0n) is 11.9. The number of nitrogens with two attached hydrogens (primary N) is 1. The molecule has 0 aromatic heterocycles. The minimum absolute atomic E-state index is 0. The normalized spacial score (nSPS) is 11.9. The van der Waals surface area contributed by atoms with Gasteiger partial charge in [0.05, 0.1) is 16.1 Å². The summed E-state index contributed by atoms with van der Waals surface area (Å²) in [5.41, 5.74) is 6.77. The second-order valence-corrected chi connectivity index (χ2v) is 5.64. The van der Waals surface area contributed by atoms with Crippen molar-refractivity contribution < 1.29 is 4.79 Å².